The maximum Gasteiger partial charge on any atom is 0.162 e. The van der Waals surface area contributed by atoms with E-state index in [1.165, 1.54) is 5.57 Å². The number of Topliss-reactive ketones (excluding diaryl/α,β-unsaturated/α-hetero) is 1. The molecule has 0 aromatic rings. The molecule has 3 heteroatoms. The van der Waals surface area contributed by atoms with Crippen molar-refractivity contribution in [3.63, 3.8) is 0 Å². The van der Waals surface area contributed by atoms with Crippen LogP contribution < -0.4 is 5.32 Å². The van der Waals surface area contributed by atoms with Crippen LogP contribution in [0.3, 0.4) is 0 Å². The molecule has 0 aliphatic heterocycles. The summed E-state index contributed by atoms with van der Waals surface area (Å²) in [5, 5.41) is 3.38. The third kappa shape index (κ3) is 5.85. The smallest absolute Gasteiger partial charge is 0.162 e. The van der Waals surface area contributed by atoms with E-state index >= 15 is 0 Å². The lowest BCUT2D eigenvalue weighted by atomic mass is 9.95. The first-order valence-electron chi connectivity index (χ1n) is 8.07. The van der Waals surface area contributed by atoms with E-state index in [1.807, 2.05) is 32.9 Å². The number of aliphatic imine (C=N–C) groups is 1. The number of hydrogen-bond acceptors (Lipinski definition) is 2. The summed E-state index contributed by atoms with van der Waals surface area (Å²) >= 11 is 0. The molecular weight excluding hydrogens is 284 g/mol. The summed E-state index contributed by atoms with van der Waals surface area (Å²) in [6.45, 7) is 11.7. The Hall–Kier alpha value is -2.16. The lowest BCUT2D eigenvalue weighted by Gasteiger charge is -2.16. The Morgan fingerprint density at radius 1 is 1.35 bits per heavy atom. The molecule has 1 aliphatic carbocycles. The Morgan fingerprint density at radius 2 is 2.04 bits per heavy atom. The van der Waals surface area contributed by atoms with Crippen LogP contribution in [-0.2, 0) is 4.79 Å². The third-order valence-corrected chi connectivity index (χ3v) is 3.83. The van der Waals surface area contributed by atoms with E-state index in [-0.39, 0.29) is 5.78 Å². The standard InChI is InChI=1S/C20H28N2O/c1-7-14(3)12-20(21-6)22-17-10-9-15(4)11-18(16(5)13-17)19(23)8-2/h7,11-13H,1,8-10H2,2-6H3,(H,21,22)/b14-12-,15-11+,17-13+,18-16+. The van der Waals surface area contributed by atoms with Gasteiger partial charge >= 0.3 is 0 Å². The van der Waals surface area contributed by atoms with Crippen molar-refractivity contribution in [3.8, 4) is 0 Å². The van der Waals surface area contributed by atoms with Crippen LogP contribution in [0.15, 0.2) is 63.9 Å². The molecule has 1 rings (SSSR count). The zero-order valence-corrected chi connectivity index (χ0v) is 15.0. The minimum Gasteiger partial charge on any atom is -0.344 e. The molecule has 0 amide bonds. The second-order valence-electron chi connectivity index (χ2n) is 5.86. The molecule has 1 aliphatic rings. The highest BCUT2D eigenvalue weighted by Gasteiger charge is 2.12. The molecule has 0 aromatic heterocycles. The molecule has 0 spiro atoms. The Bertz CT molecular complexity index is 628. The van der Waals surface area contributed by atoms with Gasteiger partial charge in [0.2, 0.25) is 0 Å². The molecule has 0 saturated heterocycles. The lowest BCUT2D eigenvalue weighted by Crippen LogP contribution is -2.22. The van der Waals surface area contributed by atoms with Crippen LogP contribution in [-0.4, -0.2) is 18.7 Å². The molecule has 3 nitrogen and oxygen atoms in total. The molecule has 0 atom stereocenters. The van der Waals surface area contributed by atoms with Gasteiger partial charge in [0, 0.05) is 24.7 Å². The lowest BCUT2D eigenvalue weighted by molar-refractivity contribution is -0.115. The van der Waals surface area contributed by atoms with Gasteiger partial charge in [-0.1, -0.05) is 31.2 Å². The van der Waals surface area contributed by atoms with Crippen LogP contribution in [0.25, 0.3) is 0 Å². The number of carbonyl (C=O) groups is 1. The predicted molar refractivity (Wildman–Crippen MR) is 99.5 cm³/mol. The fourth-order valence-electron chi connectivity index (χ4n) is 2.36. The topological polar surface area (TPSA) is 41.5 Å². The zero-order valence-electron chi connectivity index (χ0n) is 15.0. The van der Waals surface area contributed by atoms with Gasteiger partial charge in [-0.05, 0) is 56.9 Å². The SMILES string of the molecule is C=C/C(C)=C\C(=NC)N/C1=C/C(C)=C(C(=O)CC)\C=C(/C)CC1. The van der Waals surface area contributed by atoms with Gasteiger partial charge in [0.05, 0.1) is 0 Å². The zero-order chi connectivity index (χ0) is 17.4. The Labute approximate surface area is 140 Å². The summed E-state index contributed by atoms with van der Waals surface area (Å²) in [5.41, 5.74) is 5.16. The van der Waals surface area contributed by atoms with Gasteiger partial charge in [0.15, 0.2) is 5.78 Å². The maximum absolute atomic E-state index is 12.2. The van der Waals surface area contributed by atoms with Crippen LogP contribution >= 0.6 is 0 Å². The second-order valence-corrected chi connectivity index (χ2v) is 5.86. The molecule has 0 bridgehead atoms. The molecule has 0 unspecified atom stereocenters. The van der Waals surface area contributed by atoms with Crippen molar-refractivity contribution in [3.05, 3.63) is 58.9 Å². The van der Waals surface area contributed by atoms with Gasteiger partial charge in [-0.15, -0.1) is 0 Å². The summed E-state index contributed by atoms with van der Waals surface area (Å²) in [7, 11) is 1.76. The van der Waals surface area contributed by atoms with E-state index in [0.717, 1.165) is 41.1 Å². The van der Waals surface area contributed by atoms with E-state index in [2.05, 4.69) is 29.9 Å². The van der Waals surface area contributed by atoms with Crippen LogP contribution in [0.5, 0.6) is 0 Å². The van der Waals surface area contributed by atoms with Crippen LogP contribution in [0.1, 0.15) is 47.0 Å². The monoisotopic (exact) mass is 312 g/mol. The Kier molecular flexibility index (Phi) is 7.46. The highest BCUT2D eigenvalue weighted by molar-refractivity contribution is 5.99. The molecule has 23 heavy (non-hydrogen) atoms. The van der Waals surface area contributed by atoms with Crippen molar-refractivity contribution in [1.82, 2.24) is 5.32 Å². The van der Waals surface area contributed by atoms with Crippen molar-refractivity contribution >= 4 is 11.6 Å². The number of carbonyl (C=O) groups excluding carboxylic acids is 1. The highest BCUT2D eigenvalue weighted by Crippen LogP contribution is 2.22. The van der Waals surface area contributed by atoms with E-state index in [1.54, 1.807) is 13.1 Å². The van der Waals surface area contributed by atoms with Gasteiger partial charge in [-0.2, -0.15) is 0 Å². The first-order chi connectivity index (χ1) is 10.9. The van der Waals surface area contributed by atoms with Gasteiger partial charge in [-0.3, -0.25) is 9.79 Å². The van der Waals surface area contributed by atoms with Crippen LogP contribution in [0.2, 0.25) is 0 Å². The summed E-state index contributed by atoms with van der Waals surface area (Å²) in [5.74, 6) is 0.984. The highest BCUT2D eigenvalue weighted by atomic mass is 16.1. The van der Waals surface area contributed by atoms with Gasteiger partial charge in [0.25, 0.3) is 0 Å². The third-order valence-electron chi connectivity index (χ3n) is 3.83. The average molecular weight is 312 g/mol. The van der Waals surface area contributed by atoms with Crippen molar-refractivity contribution in [2.24, 2.45) is 4.99 Å². The minimum atomic E-state index is 0.186. The molecule has 124 valence electrons. The van der Waals surface area contributed by atoms with Crippen LogP contribution in [0, 0.1) is 0 Å². The summed E-state index contributed by atoms with van der Waals surface area (Å²) in [4.78, 5) is 16.4. The fraction of sp³-hybridized carbons (Fsp3) is 0.400. The second kappa shape index (κ2) is 9.09. The number of allylic oxidation sites excluding steroid dienone is 8. The predicted octanol–water partition coefficient (Wildman–Crippen LogP) is 4.66. The number of ketones is 1. The van der Waals surface area contributed by atoms with Gasteiger partial charge in [0.1, 0.15) is 5.84 Å². The number of rotatable bonds is 5. The van der Waals surface area contributed by atoms with Crippen molar-refractivity contribution in [2.75, 3.05) is 7.05 Å². The maximum atomic E-state index is 12.2. The number of nitrogens with one attached hydrogen (secondary N) is 1. The average Bonchev–Trinajstić information content (AvgIpc) is 2.54. The number of amidine groups is 1. The minimum absolute atomic E-state index is 0.186. The van der Waals surface area contributed by atoms with Gasteiger partial charge in [-0.25, -0.2) is 0 Å². The molecule has 0 saturated carbocycles. The van der Waals surface area contributed by atoms with Crippen LogP contribution in [0.4, 0.5) is 0 Å². The molecule has 1 N–H and O–H groups in total. The molecule has 0 radical (unpaired) electrons. The number of hydrogen-bond donors (Lipinski definition) is 1. The van der Waals surface area contributed by atoms with E-state index in [0.29, 0.717) is 6.42 Å². The van der Waals surface area contributed by atoms with Crippen molar-refractivity contribution in [1.29, 1.82) is 0 Å². The molecule has 0 aromatic carbocycles. The number of nitrogens with zero attached hydrogens (tertiary/aromatic N) is 1. The molecule has 0 heterocycles. The fourth-order valence-corrected chi connectivity index (χ4v) is 2.36. The Morgan fingerprint density at radius 3 is 2.61 bits per heavy atom. The normalized spacial score (nSPS) is 24.7. The summed E-state index contributed by atoms with van der Waals surface area (Å²) < 4.78 is 0. The summed E-state index contributed by atoms with van der Waals surface area (Å²) in [6, 6.07) is 0. The first-order valence-corrected chi connectivity index (χ1v) is 8.07. The summed E-state index contributed by atoms with van der Waals surface area (Å²) in [6.07, 6.45) is 10.2. The largest absolute Gasteiger partial charge is 0.344 e. The molecular formula is C20H28N2O. The molecule has 0 fully saturated rings. The Balaban J connectivity index is 3.16. The quantitative estimate of drug-likeness (QED) is 0.456. The van der Waals surface area contributed by atoms with Gasteiger partial charge < -0.3 is 5.32 Å². The first kappa shape index (κ1) is 18.9. The van der Waals surface area contributed by atoms with E-state index in [4.69, 9.17) is 0 Å². The van der Waals surface area contributed by atoms with E-state index in [9.17, 15) is 4.79 Å². The van der Waals surface area contributed by atoms with Crippen molar-refractivity contribution < 1.29 is 4.79 Å². The van der Waals surface area contributed by atoms with E-state index < -0.39 is 0 Å². The van der Waals surface area contributed by atoms with Crippen molar-refractivity contribution in [2.45, 2.75) is 47.0 Å².